The standard InChI is InChI=1S/C18H23N3O4S/c1-4-20(5-2)26(23,24)15-8-9-16-14(12-15)7-6-10-21(16)18(22)17-11-13(3)19-25-17/h8-9,11-12H,4-7,10H2,1-3H3. The number of anilines is 1. The Hall–Kier alpha value is -2.19. The minimum absolute atomic E-state index is 0.190. The normalized spacial score (nSPS) is 14.5. The fraction of sp³-hybridized carbons (Fsp3) is 0.444. The third-order valence-corrected chi connectivity index (χ3v) is 6.64. The molecule has 0 saturated carbocycles. The van der Waals surface area contributed by atoms with E-state index >= 15 is 0 Å². The van der Waals surface area contributed by atoms with Gasteiger partial charge in [-0.25, -0.2) is 8.42 Å². The highest BCUT2D eigenvalue weighted by Gasteiger charge is 2.28. The van der Waals surface area contributed by atoms with Crippen LogP contribution in [0.2, 0.25) is 0 Å². The number of hydrogen-bond acceptors (Lipinski definition) is 5. The van der Waals surface area contributed by atoms with Gasteiger partial charge in [-0.2, -0.15) is 4.31 Å². The van der Waals surface area contributed by atoms with Gasteiger partial charge in [-0.15, -0.1) is 0 Å². The van der Waals surface area contributed by atoms with Gasteiger partial charge >= 0.3 is 0 Å². The first-order valence-electron chi connectivity index (χ1n) is 8.76. The van der Waals surface area contributed by atoms with Gasteiger partial charge in [0, 0.05) is 31.4 Å². The Morgan fingerprint density at radius 2 is 2.00 bits per heavy atom. The molecule has 0 N–H and O–H groups in total. The molecule has 1 aliphatic rings. The van der Waals surface area contributed by atoms with Gasteiger partial charge in [0.1, 0.15) is 0 Å². The van der Waals surface area contributed by atoms with E-state index in [2.05, 4.69) is 5.16 Å². The summed E-state index contributed by atoms with van der Waals surface area (Å²) in [6.07, 6.45) is 1.50. The van der Waals surface area contributed by atoms with Crippen molar-refractivity contribution in [1.29, 1.82) is 0 Å². The maximum Gasteiger partial charge on any atom is 0.296 e. The summed E-state index contributed by atoms with van der Waals surface area (Å²) in [4.78, 5) is 14.6. The summed E-state index contributed by atoms with van der Waals surface area (Å²) in [6, 6.07) is 6.58. The number of carbonyl (C=O) groups excluding carboxylic acids is 1. The molecule has 140 valence electrons. The molecule has 0 unspecified atom stereocenters. The van der Waals surface area contributed by atoms with E-state index in [1.165, 1.54) is 4.31 Å². The lowest BCUT2D eigenvalue weighted by atomic mass is 10.0. The fourth-order valence-electron chi connectivity index (χ4n) is 3.25. The summed E-state index contributed by atoms with van der Waals surface area (Å²) in [7, 11) is -3.52. The largest absolute Gasteiger partial charge is 0.351 e. The Bertz CT molecular complexity index is 916. The van der Waals surface area contributed by atoms with Crippen LogP contribution in [0.1, 0.15) is 42.1 Å². The molecule has 1 amide bonds. The second-order valence-corrected chi connectivity index (χ2v) is 8.21. The number of amides is 1. The smallest absolute Gasteiger partial charge is 0.296 e. The third kappa shape index (κ3) is 3.26. The Labute approximate surface area is 153 Å². The van der Waals surface area contributed by atoms with E-state index < -0.39 is 10.0 Å². The average Bonchev–Trinajstić information content (AvgIpc) is 3.07. The molecule has 0 spiro atoms. The molecule has 0 bridgehead atoms. The number of rotatable bonds is 5. The van der Waals surface area contributed by atoms with Crippen molar-refractivity contribution in [1.82, 2.24) is 9.46 Å². The van der Waals surface area contributed by atoms with Gasteiger partial charge in [0.05, 0.1) is 10.6 Å². The van der Waals surface area contributed by atoms with Gasteiger partial charge in [-0.1, -0.05) is 19.0 Å². The molecular formula is C18H23N3O4S. The van der Waals surface area contributed by atoms with Gasteiger partial charge in [-0.05, 0) is 43.5 Å². The Morgan fingerprint density at radius 3 is 2.62 bits per heavy atom. The summed E-state index contributed by atoms with van der Waals surface area (Å²) in [6.45, 7) is 6.80. The van der Waals surface area contributed by atoms with Crippen LogP contribution in [-0.2, 0) is 16.4 Å². The highest BCUT2D eigenvalue weighted by Crippen LogP contribution is 2.31. The number of fused-ring (bicyclic) bond motifs is 1. The number of benzene rings is 1. The zero-order valence-electron chi connectivity index (χ0n) is 15.2. The molecule has 1 aliphatic heterocycles. The van der Waals surface area contributed by atoms with Crippen molar-refractivity contribution >= 4 is 21.6 Å². The van der Waals surface area contributed by atoms with Crippen LogP contribution in [0.5, 0.6) is 0 Å². The molecule has 0 aliphatic carbocycles. The van der Waals surface area contributed by atoms with Crippen LogP contribution < -0.4 is 4.90 Å². The molecule has 8 heteroatoms. The van der Waals surface area contributed by atoms with Crippen LogP contribution in [0.15, 0.2) is 33.7 Å². The van der Waals surface area contributed by atoms with E-state index in [0.717, 1.165) is 24.1 Å². The van der Waals surface area contributed by atoms with Crippen LogP contribution in [0.4, 0.5) is 5.69 Å². The average molecular weight is 377 g/mol. The van der Waals surface area contributed by atoms with E-state index in [4.69, 9.17) is 4.52 Å². The number of hydrogen-bond donors (Lipinski definition) is 0. The third-order valence-electron chi connectivity index (χ3n) is 4.60. The maximum atomic E-state index is 12.7. The lowest BCUT2D eigenvalue weighted by molar-refractivity contribution is 0.0949. The molecule has 3 rings (SSSR count). The molecule has 0 fully saturated rings. The van der Waals surface area contributed by atoms with Crippen LogP contribution >= 0.6 is 0 Å². The quantitative estimate of drug-likeness (QED) is 0.800. The summed E-state index contributed by atoms with van der Waals surface area (Å²) in [5.74, 6) is -0.0684. The van der Waals surface area contributed by atoms with E-state index in [-0.39, 0.29) is 16.6 Å². The number of aryl methyl sites for hydroxylation is 2. The van der Waals surface area contributed by atoms with E-state index in [0.29, 0.717) is 25.3 Å². The predicted molar refractivity (Wildman–Crippen MR) is 97.8 cm³/mol. The summed E-state index contributed by atoms with van der Waals surface area (Å²) >= 11 is 0. The van der Waals surface area contributed by atoms with Crippen molar-refractivity contribution in [2.24, 2.45) is 0 Å². The Morgan fingerprint density at radius 1 is 1.27 bits per heavy atom. The van der Waals surface area contributed by atoms with Crippen LogP contribution in [0.3, 0.4) is 0 Å². The SMILES string of the molecule is CCN(CC)S(=O)(=O)c1ccc2c(c1)CCCN2C(=O)c1cc(C)no1. The molecular weight excluding hydrogens is 354 g/mol. The van der Waals surface area contributed by atoms with Crippen molar-refractivity contribution in [2.75, 3.05) is 24.5 Å². The zero-order valence-corrected chi connectivity index (χ0v) is 16.0. The summed E-state index contributed by atoms with van der Waals surface area (Å²) in [5, 5.41) is 3.77. The first-order valence-corrected chi connectivity index (χ1v) is 10.2. The second kappa shape index (κ2) is 7.20. The van der Waals surface area contributed by atoms with E-state index in [1.54, 1.807) is 36.1 Å². The van der Waals surface area contributed by atoms with Crippen molar-refractivity contribution in [3.8, 4) is 0 Å². The molecule has 7 nitrogen and oxygen atoms in total. The van der Waals surface area contributed by atoms with Gasteiger partial charge in [0.15, 0.2) is 0 Å². The monoisotopic (exact) mass is 377 g/mol. The highest BCUT2D eigenvalue weighted by molar-refractivity contribution is 7.89. The number of sulfonamides is 1. The lowest BCUT2D eigenvalue weighted by Gasteiger charge is -2.29. The second-order valence-electron chi connectivity index (χ2n) is 6.27. The van der Waals surface area contributed by atoms with Crippen molar-refractivity contribution in [2.45, 2.75) is 38.5 Å². The van der Waals surface area contributed by atoms with Crippen LogP contribution in [0, 0.1) is 6.92 Å². The van der Waals surface area contributed by atoms with E-state index in [9.17, 15) is 13.2 Å². The molecule has 2 heterocycles. The highest BCUT2D eigenvalue weighted by atomic mass is 32.2. The molecule has 0 saturated heterocycles. The van der Waals surface area contributed by atoms with Crippen molar-refractivity contribution in [3.05, 3.63) is 41.3 Å². The predicted octanol–water partition coefficient (Wildman–Crippen LogP) is 2.61. The Balaban J connectivity index is 1.96. The van der Waals surface area contributed by atoms with Crippen molar-refractivity contribution in [3.63, 3.8) is 0 Å². The maximum absolute atomic E-state index is 12.7. The van der Waals surface area contributed by atoms with Gasteiger partial charge in [0.2, 0.25) is 15.8 Å². The first kappa shape index (κ1) is 18.6. The van der Waals surface area contributed by atoms with E-state index in [1.807, 2.05) is 13.8 Å². The molecule has 0 atom stereocenters. The number of nitrogens with zero attached hydrogens (tertiary/aromatic N) is 3. The summed E-state index contributed by atoms with van der Waals surface area (Å²) in [5.41, 5.74) is 2.23. The Kier molecular flexibility index (Phi) is 5.15. The van der Waals surface area contributed by atoms with Gasteiger partial charge < -0.3 is 9.42 Å². The number of carbonyl (C=O) groups is 1. The van der Waals surface area contributed by atoms with Crippen molar-refractivity contribution < 1.29 is 17.7 Å². The topological polar surface area (TPSA) is 83.7 Å². The first-order chi connectivity index (χ1) is 12.4. The zero-order chi connectivity index (χ0) is 18.9. The number of aromatic nitrogens is 1. The minimum Gasteiger partial charge on any atom is -0.351 e. The molecule has 0 radical (unpaired) electrons. The minimum atomic E-state index is -3.52. The van der Waals surface area contributed by atoms with Gasteiger partial charge in [0.25, 0.3) is 5.91 Å². The molecule has 1 aromatic heterocycles. The van der Waals surface area contributed by atoms with Crippen LogP contribution in [0.25, 0.3) is 0 Å². The molecule has 1 aromatic carbocycles. The molecule has 2 aromatic rings. The molecule has 26 heavy (non-hydrogen) atoms. The van der Waals surface area contributed by atoms with Crippen LogP contribution in [-0.4, -0.2) is 43.4 Å². The summed E-state index contributed by atoms with van der Waals surface area (Å²) < 4.78 is 32.0. The lowest BCUT2D eigenvalue weighted by Crippen LogP contribution is -2.35. The van der Waals surface area contributed by atoms with Gasteiger partial charge in [-0.3, -0.25) is 4.79 Å². The fourth-order valence-corrected chi connectivity index (χ4v) is 4.76.